The summed E-state index contributed by atoms with van der Waals surface area (Å²) >= 11 is 0. The summed E-state index contributed by atoms with van der Waals surface area (Å²) in [5.74, 6) is 1.77. The highest BCUT2D eigenvalue weighted by molar-refractivity contribution is 6.16. The molecule has 0 atom stereocenters. The van der Waals surface area contributed by atoms with Gasteiger partial charge in [-0.1, -0.05) is 170 Å². The normalized spacial score (nSPS) is 11.8. The number of furan rings is 2. The third-order valence-corrected chi connectivity index (χ3v) is 13.5. The van der Waals surface area contributed by atoms with E-state index in [0.29, 0.717) is 17.5 Å². The largest absolute Gasteiger partial charge is 0.456 e. The molecule has 4 aromatic heterocycles. The molecule has 0 saturated heterocycles. The second-order valence-electron chi connectivity index (χ2n) is 17.5. The van der Waals surface area contributed by atoms with Crippen LogP contribution in [0.1, 0.15) is 0 Å². The van der Waals surface area contributed by atoms with Crippen molar-refractivity contribution < 1.29 is 8.83 Å². The van der Waals surface area contributed by atoms with Crippen LogP contribution in [0.15, 0.2) is 239 Å². The summed E-state index contributed by atoms with van der Waals surface area (Å²) in [5.41, 5.74) is 15.8. The molecule has 322 valence electrons. The number of nitrogens with zero attached hydrogens (tertiary/aromatic N) is 4. The Labute approximate surface area is 396 Å². The van der Waals surface area contributed by atoms with Crippen LogP contribution < -0.4 is 0 Å². The van der Waals surface area contributed by atoms with E-state index in [1.165, 1.54) is 21.9 Å². The molecule has 0 spiro atoms. The van der Waals surface area contributed by atoms with Crippen molar-refractivity contribution in [3.05, 3.63) is 231 Å². The van der Waals surface area contributed by atoms with E-state index in [-0.39, 0.29) is 0 Å². The Morgan fingerprint density at radius 3 is 1.52 bits per heavy atom. The fourth-order valence-corrected chi connectivity index (χ4v) is 10.2. The van der Waals surface area contributed by atoms with Gasteiger partial charge in [0.1, 0.15) is 22.3 Å². The van der Waals surface area contributed by atoms with E-state index in [2.05, 4.69) is 193 Å². The molecule has 0 fully saturated rings. The molecule has 0 bridgehead atoms. The molecule has 10 aromatic carbocycles. The summed E-state index contributed by atoms with van der Waals surface area (Å²) in [6.07, 6.45) is 0. The first-order valence-electron chi connectivity index (χ1n) is 23.2. The Balaban J connectivity index is 0.926. The summed E-state index contributed by atoms with van der Waals surface area (Å²) < 4.78 is 16.0. The van der Waals surface area contributed by atoms with Gasteiger partial charge in [-0.25, -0.2) is 15.0 Å². The lowest BCUT2D eigenvalue weighted by molar-refractivity contribution is 0.668. The minimum atomic E-state index is 0.567. The summed E-state index contributed by atoms with van der Waals surface area (Å²) in [6.45, 7) is 0. The van der Waals surface area contributed by atoms with Crippen molar-refractivity contribution in [3.63, 3.8) is 0 Å². The number of benzene rings is 10. The third-order valence-electron chi connectivity index (χ3n) is 13.5. The smallest absolute Gasteiger partial charge is 0.164 e. The highest BCUT2D eigenvalue weighted by Gasteiger charge is 2.23. The van der Waals surface area contributed by atoms with Gasteiger partial charge in [0.2, 0.25) is 0 Å². The van der Waals surface area contributed by atoms with E-state index in [1.807, 2.05) is 42.5 Å². The summed E-state index contributed by atoms with van der Waals surface area (Å²) in [4.78, 5) is 15.1. The highest BCUT2D eigenvalue weighted by Crippen LogP contribution is 2.45. The molecule has 0 N–H and O–H groups in total. The van der Waals surface area contributed by atoms with Gasteiger partial charge in [0.05, 0.1) is 16.7 Å². The minimum absolute atomic E-state index is 0.567. The molecule has 0 radical (unpaired) electrons. The maximum Gasteiger partial charge on any atom is 0.164 e. The average molecular weight is 883 g/mol. The quantitative estimate of drug-likeness (QED) is 0.159. The van der Waals surface area contributed by atoms with E-state index in [0.717, 1.165) is 99.5 Å². The molecule has 0 saturated carbocycles. The maximum atomic E-state index is 6.88. The van der Waals surface area contributed by atoms with E-state index < -0.39 is 0 Å². The van der Waals surface area contributed by atoms with Crippen LogP contribution in [-0.2, 0) is 0 Å². The molecule has 0 aliphatic rings. The zero-order valence-corrected chi connectivity index (χ0v) is 37.0. The Hall–Kier alpha value is -9.39. The molecular formula is C63H38N4O2. The van der Waals surface area contributed by atoms with Gasteiger partial charge in [-0.3, -0.25) is 0 Å². The van der Waals surface area contributed by atoms with Crippen LogP contribution >= 0.6 is 0 Å². The molecular weight excluding hydrogens is 845 g/mol. The lowest BCUT2D eigenvalue weighted by Crippen LogP contribution is -2.00. The van der Waals surface area contributed by atoms with Crippen LogP contribution in [0.3, 0.4) is 0 Å². The molecule has 0 amide bonds. The molecule has 14 rings (SSSR count). The Morgan fingerprint density at radius 1 is 0.275 bits per heavy atom. The average Bonchev–Trinajstić information content (AvgIpc) is 4.10. The van der Waals surface area contributed by atoms with Gasteiger partial charge >= 0.3 is 0 Å². The van der Waals surface area contributed by atoms with Crippen molar-refractivity contribution in [1.29, 1.82) is 0 Å². The lowest BCUT2D eigenvalue weighted by Gasteiger charge is -2.15. The second kappa shape index (κ2) is 15.6. The number of aromatic nitrogens is 4. The second-order valence-corrected chi connectivity index (χ2v) is 17.5. The predicted molar refractivity (Wildman–Crippen MR) is 281 cm³/mol. The van der Waals surface area contributed by atoms with E-state index >= 15 is 0 Å². The Morgan fingerprint density at radius 2 is 0.768 bits per heavy atom. The molecule has 0 unspecified atom stereocenters. The first-order valence-corrected chi connectivity index (χ1v) is 23.2. The van der Waals surface area contributed by atoms with Gasteiger partial charge in [0, 0.05) is 54.6 Å². The monoisotopic (exact) mass is 882 g/mol. The predicted octanol–water partition coefficient (Wildman–Crippen LogP) is 16.8. The van der Waals surface area contributed by atoms with Crippen LogP contribution in [0.2, 0.25) is 0 Å². The number of fused-ring (bicyclic) bond motifs is 9. The topological polar surface area (TPSA) is 69.9 Å². The van der Waals surface area contributed by atoms with E-state index in [9.17, 15) is 0 Å². The standard InChI is InChI=1S/C63H38N4O2/c1-4-14-39(15-5-1)41-24-26-43(27-25-41)62-64-61(42-18-8-3-9-19-42)65-63(66-62)46-28-31-49-52-37-45(30-35-57(52)68-58(49)38-46)59-55(34-32-50-48-21-11-13-23-56(48)69-60(50)59)67-53-22-12-10-20-47(53)51-36-44(29-33-54(51)67)40-16-6-2-7-17-40/h1-38H. The lowest BCUT2D eigenvalue weighted by atomic mass is 9.97. The molecule has 14 aromatic rings. The molecule has 0 aliphatic heterocycles. The number of hydrogen-bond acceptors (Lipinski definition) is 5. The highest BCUT2D eigenvalue weighted by atomic mass is 16.3. The van der Waals surface area contributed by atoms with Crippen LogP contribution in [0.5, 0.6) is 0 Å². The number of hydrogen-bond donors (Lipinski definition) is 0. The van der Waals surface area contributed by atoms with Crippen LogP contribution in [0.25, 0.3) is 139 Å². The fraction of sp³-hybridized carbons (Fsp3) is 0. The van der Waals surface area contributed by atoms with Crippen LogP contribution in [-0.4, -0.2) is 19.5 Å². The zero-order valence-electron chi connectivity index (χ0n) is 37.0. The number of rotatable bonds is 7. The first kappa shape index (κ1) is 38.8. The maximum absolute atomic E-state index is 6.88. The van der Waals surface area contributed by atoms with Crippen LogP contribution in [0.4, 0.5) is 0 Å². The number of para-hydroxylation sites is 2. The van der Waals surface area contributed by atoms with Gasteiger partial charge in [-0.05, 0) is 88.5 Å². The first-order chi connectivity index (χ1) is 34.2. The summed E-state index contributed by atoms with van der Waals surface area (Å²) in [6, 6.07) is 80.4. The van der Waals surface area contributed by atoms with E-state index in [4.69, 9.17) is 23.8 Å². The van der Waals surface area contributed by atoms with E-state index in [1.54, 1.807) is 0 Å². The Bertz CT molecular complexity index is 4290. The third kappa shape index (κ3) is 6.45. The summed E-state index contributed by atoms with van der Waals surface area (Å²) in [7, 11) is 0. The van der Waals surface area contributed by atoms with Gasteiger partial charge in [0.15, 0.2) is 17.5 Å². The van der Waals surface area contributed by atoms with Gasteiger partial charge in [0.25, 0.3) is 0 Å². The zero-order chi connectivity index (χ0) is 45.4. The molecule has 69 heavy (non-hydrogen) atoms. The van der Waals surface area contributed by atoms with Crippen molar-refractivity contribution in [3.8, 4) is 73.2 Å². The summed E-state index contributed by atoms with van der Waals surface area (Å²) in [5, 5.41) is 6.53. The fourth-order valence-electron chi connectivity index (χ4n) is 10.2. The minimum Gasteiger partial charge on any atom is -0.456 e. The van der Waals surface area contributed by atoms with Crippen molar-refractivity contribution in [2.75, 3.05) is 0 Å². The molecule has 0 aliphatic carbocycles. The van der Waals surface area contributed by atoms with Crippen molar-refractivity contribution in [2.45, 2.75) is 0 Å². The molecule has 6 nitrogen and oxygen atoms in total. The van der Waals surface area contributed by atoms with Gasteiger partial charge in [-0.2, -0.15) is 0 Å². The van der Waals surface area contributed by atoms with Crippen molar-refractivity contribution in [1.82, 2.24) is 19.5 Å². The van der Waals surface area contributed by atoms with Gasteiger partial charge in [-0.15, -0.1) is 0 Å². The van der Waals surface area contributed by atoms with Gasteiger partial charge < -0.3 is 13.4 Å². The van der Waals surface area contributed by atoms with Crippen molar-refractivity contribution >= 4 is 65.7 Å². The Kier molecular flexibility index (Phi) is 8.79. The molecule has 6 heteroatoms. The SMILES string of the molecule is c1ccc(-c2ccc(-c3nc(-c4ccccc4)nc(-c4ccc5c(c4)oc4ccc(-c6c(-n7c8ccccc8c8cc(-c9ccccc9)ccc87)ccc7c6oc6ccccc67)cc45)n3)cc2)cc1. The molecule has 4 heterocycles. The van der Waals surface area contributed by atoms with Crippen LogP contribution in [0, 0.1) is 0 Å². The van der Waals surface area contributed by atoms with Crippen molar-refractivity contribution in [2.24, 2.45) is 0 Å².